The van der Waals surface area contributed by atoms with E-state index in [-0.39, 0.29) is 27.2 Å². The number of benzene rings is 1. The second-order valence-electron chi connectivity index (χ2n) is 3.44. The van der Waals surface area contributed by atoms with Crippen LogP contribution < -0.4 is 5.63 Å². The number of ketones is 1. The van der Waals surface area contributed by atoms with E-state index < -0.39 is 5.63 Å². The highest BCUT2D eigenvalue weighted by atomic mass is 79.9. The van der Waals surface area contributed by atoms with Gasteiger partial charge < -0.3 is 9.52 Å². The first kappa shape index (κ1) is 12.3. The van der Waals surface area contributed by atoms with E-state index in [1.54, 1.807) is 6.07 Å². The number of aromatic hydroxyl groups is 1. The van der Waals surface area contributed by atoms with Crippen LogP contribution in [-0.2, 0) is 0 Å². The summed E-state index contributed by atoms with van der Waals surface area (Å²) >= 11 is 6.29. The van der Waals surface area contributed by atoms with Gasteiger partial charge in [-0.25, -0.2) is 4.79 Å². The fourth-order valence-electron chi connectivity index (χ4n) is 1.43. The third-order valence-corrected chi connectivity index (χ3v) is 3.61. The molecule has 0 spiro atoms. The molecule has 0 bridgehead atoms. The maximum atomic E-state index is 11.5. The van der Waals surface area contributed by atoms with Crippen molar-refractivity contribution >= 4 is 48.6 Å². The fraction of sp³-hybridized carbons (Fsp3) is 0.0909. The minimum absolute atomic E-state index is 0.0120. The number of hydrogen-bond donors (Lipinski definition) is 1. The molecule has 0 fully saturated rings. The molecule has 0 unspecified atom stereocenters. The van der Waals surface area contributed by atoms with Crippen molar-refractivity contribution in [3.8, 4) is 5.75 Å². The molecule has 0 saturated heterocycles. The van der Waals surface area contributed by atoms with Gasteiger partial charge in [0, 0.05) is 5.39 Å². The number of carbonyl (C=O) groups is 1. The number of fused-ring (bicyclic) bond motifs is 1. The Bertz CT molecular complexity index is 688. The summed E-state index contributed by atoms with van der Waals surface area (Å²) in [5.74, 6) is -0.419. The molecule has 0 aliphatic rings. The van der Waals surface area contributed by atoms with Crippen LogP contribution in [0.5, 0.6) is 5.75 Å². The predicted molar refractivity (Wildman–Crippen MR) is 69.6 cm³/mol. The Hall–Kier alpha value is -1.14. The summed E-state index contributed by atoms with van der Waals surface area (Å²) in [5, 5.41) is 10.2. The average molecular weight is 362 g/mol. The zero-order valence-corrected chi connectivity index (χ0v) is 11.8. The zero-order valence-electron chi connectivity index (χ0n) is 8.58. The summed E-state index contributed by atoms with van der Waals surface area (Å²) in [6.07, 6.45) is 0. The SMILES string of the molecule is CC(=O)c1cc2cc(Br)c(O)c(Br)c2oc1=O. The van der Waals surface area contributed by atoms with Gasteiger partial charge in [-0.3, -0.25) is 4.79 Å². The molecule has 2 rings (SSSR count). The van der Waals surface area contributed by atoms with Gasteiger partial charge in [0.05, 0.1) is 4.47 Å². The molecular formula is C11H6Br2O4. The van der Waals surface area contributed by atoms with E-state index >= 15 is 0 Å². The number of halogens is 2. The highest BCUT2D eigenvalue weighted by molar-refractivity contribution is 9.11. The van der Waals surface area contributed by atoms with Gasteiger partial charge in [0.2, 0.25) is 0 Å². The van der Waals surface area contributed by atoms with Gasteiger partial charge in [0.15, 0.2) is 11.4 Å². The van der Waals surface area contributed by atoms with E-state index in [1.165, 1.54) is 13.0 Å². The third kappa shape index (κ3) is 2.02. The van der Waals surface area contributed by atoms with Crippen LogP contribution in [0.2, 0.25) is 0 Å². The molecule has 6 heteroatoms. The van der Waals surface area contributed by atoms with Crippen LogP contribution in [0.4, 0.5) is 0 Å². The standard InChI is InChI=1S/C11H6Br2O4/c1-4(14)6-2-5-3-7(12)9(15)8(13)10(5)17-11(6)16/h2-3,15H,1H3. The van der Waals surface area contributed by atoms with Crippen LogP contribution in [0.15, 0.2) is 30.3 Å². The molecule has 1 aromatic heterocycles. The molecule has 0 aliphatic heterocycles. The van der Waals surface area contributed by atoms with Crippen LogP contribution in [0, 0.1) is 0 Å². The van der Waals surface area contributed by atoms with Gasteiger partial charge in [-0.1, -0.05) is 0 Å². The lowest BCUT2D eigenvalue weighted by molar-refractivity contribution is 0.101. The van der Waals surface area contributed by atoms with Crippen molar-refractivity contribution in [3.05, 3.63) is 37.1 Å². The van der Waals surface area contributed by atoms with E-state index in [0.717, 1.165) is 0 Å². The summed E-state index contributed by atoms with van der Waals surface area (Å²) in [5.41, 5.74) is -0.518. The highest BCUT2D eigenvalue weighted by Crippen LogP contribution is 2.38. The second kappa shape index (κ2) is 4.27. The molecule has 0 radical (unpaired) electrons. The first-order chi connectivity index (χ1) is 7.91. The Morgan fingerprint density at radius 3 is 2.59 bits per heavy atom. The van der Waals surface area contributed by atoms with Crippen molar-refractivity contribution in [2.75, 3.05) is 0 Å². The van der Waals surface area contributed by atoms with E-state index in [2.05, 4.69) is 31.9 Å². The molecule has 1 heterocycles. The summed E-state index contributed by atoms with van der Waals surface area (Å²) in [6.45, 7) is 1.29. The lowest BCUT2D eigenvalue weighted by Gasteiger charge is -2.05. The summed E-state index contributed by atoms with van der Waals surface area (Å²) in [6, 6.07) is 3.02. The fourth-order valence-corrected chi connectivity index (χ4v) is 2.66. The van der Waals surface area contributed by atoms with Crippen molar-refractivity contribution in [1.29, 1.82) is 0 Å². The Morgan fingerprint density at radius 1 is 1.35 bits per heavy atom. The molecule has 88 valence electrons. The number of rotatable bonds is 1. The first-order valence-corrected chi connectivity index (χ1v) is 6.16. The molecule has 2 aromatic rings. The van der Waals surface area contributed by atoms with Crippen LogP contribution >= 0.6 is 31.9 Å². The summed E-state index contributed by atoms with van der Waals surface area (Å²) < 4.78 is 5.73. The van der Waals surface area contributed by atoms with Gasteiger partial charge in [-0.05, 0) is 50.9 Å². The molecule has 1 aromatic carbocycles. The predicted octanol–water partition coefficient (Wildman–Crippen LogP) is 3.23. The van der Waals surface area contributed by atoms with Gasteiger partial charge in [-0.2, -0.15) is 0 Å². The number of hydrogen-bond acceptors (Lipinski definition) is 4. The molecule has 1 N–H and O–H groups in total. The monoisotopic (exact) mass is 360 g/mol. The second-order valence-corrected chi connectivity index (χ2v) is 5.09. The van der Waals surface area contributed by atoms with Gasteiger partial charge >= 0.3 is 5.63 Å². The van der Waals surface area contributed by atoms with Crippen molar-refractivity contribution in [2.45, 2.75) is 6.92 Å². The van der Waals surface area contributed by atoms with E-state index in [9.17, 15) is 14.7 Å². The average Bonchev–Trinajstić information content (AvgIpc) is 2.26. The summed E-state index contributed by atoms with van der Waals surface area (Å²) in [7, 11) is 0. The Balaban J connectivity index is 2.94. The quantitative estimate of drug-likeness (QED) is 0.625. The lowest BCUT2D eigenvalue weighted by atomic mass is 10.1. The number of phenolic OH excluding ortho intramolecular Hbond substituents is 1. The van der Waals surface area contributed by atoms with Crippen molar-refractivity contribution in [1.82, 2.24) is 0 Å². The normalized spacial score (nSPS) is 10.8. The van der Waals surface area contributed by atoms with Crippen molar-refractivity contribution < 1.29 is 14.3 Å². The van der Waals surface area contributed by atoms with Crippen LogP contribution in [0.3, 0.4) is 0 Å². The third-order valence-electron chi connectivity index (χ3n) is 2.27. The van der Waals surface area contributed by atoms with Gasteiger partial charge in [0.1, 0.15) is 15.8 Å². The smallest absolute Gasteiger partial charge is 0.347 e. The Labute approximate surface area is 113 Å². The minimum atomic E-state index is -0.715. The zero-order chi connectivity index (χ0) is 12.7. The molecule has 17 heavy (non-hydrogen) atoms. The first-order valence-electron chi connectivity index (χ1n) is 4.57. The van der Waals surface area contributed by atoms with E-state index in [1.807, 2.05) is 0 Å². The largest absolute Gasteiger partial charge is 0.505 e. The van der Waals surface area contributed by atoms with E-state index in [0.29, 0.717) is 9.86 Å². The highest BCUT2D eigenvalue weighted by Gasteiger charge is 2.15. The minimum Gasteiger partial charge on any atom is -0.505 e. The molecule has 0 aliphatic carbocycles. The van der Waals surface area contributed by atoms with Crippen LogP contribution in [0.1, 0.15) is 17.3 Å². The number of carbonyl (C=O) groups excluding carboxylic acids is 1. The van der Waals surface area contributed by atoms with Crippen LogP contribution in [0.25, 0.3) is 11.0 Å². The Kier molecular flexibility index (Phi) is 3.09. The number of phenols is 1. The maximum absolute atomic E-state index is 11.5. The lowest BCUT2D eigenvalue weighted by Crippen LogP contribution is -2.11. The Morgan fingerprint density at radius 2 is 2.00 bits per heavy atom. The van der Waals surface area contributed by atoms with Crippen molar-refractivity contribution in [2.24, 2.45) is 0 Å². The number of Topliss-reactive ketones (excluding diaryl/α,β-unsaturated/α-hetero) is 1. The molecular weight excluding hydrogens is 356 g/mol. The summed E-state index contributed by atoms with van der Waals surface area (Å²) in [4.78, 5) is 22.7. The maximum Gasteiger partial charge on any atom is 0.347 e. The van der Waals surface area contributed by atoms with Crippen LogP contribution in [-0.4, -0.2) is 10.9 Å². The van der Waals surface area contributed by atoms with Gasteiger partial charge in [-0.15, -0.1) is 0 Å². The van der Waals surface area contributed by atoms with E-state index in [4.69, 9.17) is 4.42 Å². The molecule has 4 nitrogen and oxygen atoms in total. The topological polar surface area (TPSA) is 67.5 Å². The molecule has 0 atom stereocenters. The van der Waals surface area contributed by atoms with Crippen molar-refractivity contribution in [3.63, 3.8) is 0 Å². The molecule has 0 amide bonds. The molecule has 0 saturated carbocycles. The van der Waals surface area contributed by atoms with Gasteiger partial charge in [0.25, 0.3) is 0 Å².